The molecular formula is C18H26N2O2. The van der Waals surface area contributed by atoms with Gasteiger partial charge < -0.3 is 15.4 Å². The van der Waals surface area contributed by atoms with Crippen molar-refractivity contribution >= 4 is 5.91 Å². The van der Waals surface area contributed by atoms with Crippen LogP contribution in [-0.4, -0.2) is 42.6 Å². The molecule has 2 heterocycles. The smallest absolute Gasteiger partial charge is 0.251 e. The molecule has 120 valence electrons. The topological polar surface area (TPSA) is 55.6 Å². The maximum absolute atomic E-state index is 12.6. The van der Waals surface area contributed by atoms with Crippen LogP contribution >= 0.6 is 0 Å². The van der Waals surface area contributed by atoms with Gasteiger partial charge in [-0.3, -0.25) is 4.79 Å². The van der Waals surface area contributed by atoms with Crippen molar-refractivity contribution in [2.45, 2.75) is 44.3 Å². The van der Waals surface area contributed by atoms with Gasteiger partial charge >= 0.3 is 0 Å². The van der Waals surface area contributed by atoms with E-state index >= 15 is 0 Å². The highest BCUT2D eigenvalue weighted by atomic mass is 16.5. The molecule has 2 aliphatic rings. The van der Waals surface area contributed by atoms with Gasteiger partial charge in [0.1, 0.15) is 6.10 Å². The normalized spacial score (nSPS) is 32.2. The SMILES string of the molecule is CC1CN(C(=O)[C@@H]2CC[C@H](CN)O2)CCC1c1ccccc1. The standard InChI is InChI=1S/C18H26N2O2/c1-13-12-20(18(21)17-8-7-15(11-19)22-17)10-9-16(13)14-5-3-2-4-6-14/h2-6,13,15-17H,7-12,19H2,1H3/t13?,15-,16?,17+/m1/s1. The van der Waals surface area contributed by atoms with E-state index in [2.05, 4.69) is 37.3 Å². The molecule has 0 spiro atoms. The zero-order valence-electron chi connectivity index (χ0n) is 13.3. The van der Waals surface area contributed by atoms with E-state index in [0.29, 0.717) is 18.4 Å². The number of carbonyl (C=O) groups is 1. The first-order valence-electron chi connectivity index (χ1n) is 8.38. The Morgan fingerprint density at radius 2 is 2.05 bits per heavy atom. The molecule has 0 saturated carbocycles. The first-order chi connectivity index (χ1) is 10.7. The Labute approximate surface area is 132 Å². The summed E-state index contributed by atoms with van der Waals surface area (Å²) >= 11 is 0. The van der Waals surface area contributed by atoms with Gasteiger partial charge in [-0.1, -0.05) is 37.3 Å². The van der Waals surface area contributed by atoms with Crippen LogP contribution in [0.2, 0.25) is 0 Å². The van der Waals surface area contributed by atoms with Gasteiger partial charge in [0.15, 0.2) is 0 Å². The van der Waals surface area contributed by atoms with E-state index < -0.39 is 0 Å². The van der Waals surface area contributed by atoms with Gasteiger partial charge in [0.2, 0.25) is 0 Å². The Morgan fingerprint density at radius 1 is 1.27 bits per heavy atom. The summed E-state index contributed by atoms with van der Waals surface area (Å²) in [7, 11) is 0. The second kappa shape index (κ2) is 6.80. The van der Waals surface area contributed by atoms with Crippen molar-refractivity contribution in [2.24, 2.45) is 11.7 Å². The largest absolute Gasteiger partial charge is 0.364 e. The van der Waals surface area contributed by atoms with Crippen LogP contribution in [0.4, 0.5) is 0 Å². The third-order valence-corrected chi connectivity index (χ3v) is 5.09. The first kappa shape index (κ1) is 15.5. The average molecular weight is 302 g/mol. The van der Waals surface area contributed by atoms with Gasteiger partial charge in [-0.05, 0) is 36.7 Å². The first-order valence-corrected chi connectivity index (χ1v) is 8.38. The molecule has 2 unspecified atom stereocenters. The highest BCUT2D eigenvalue weighted by molar-refractivity contribution is 5.81. The summed E-state index contributed by atoms with van der Waals surface area (Å²) in [6.45, 7) is 4.41. The Kier molecular flexibility index (Phi) is 4.79. The number of likely N-dealkylation sites (tertiary alicyclic amines) is 1. The summed E-state index contributed by atoms with van der Waals surface area (Å²) in [5, 5.41) is 0. The van der Waals surface area contributed by atoms with Crippen molar-refractivity contribution in [3.63, 3.8) is 0 Å². The number of carbonyl (C=O) groups excluding carboxylic acids is 1. The molecule has 4 heteroatoms. The van der Waals surface area contributed by atoms with E-state index in [9.17, 15) is 4.79 Å². The van der Waals surface area contributed by atoms with E-state index in [1.165, 1.54) is 5.56 Å². The summed E-state index contributed by atoms with van der Waals surface area (Å²) in [6, 6.07) is 10.6. The lowest BCUT2D eigenvalue weighted by Crippen LogP contribution is -2.46. The number of rotatable bonds is 3. The van der Waals surface area contributed by atoms with Crippen molar-refractivity contribution < 1.29 is 9.53 Å². The van der Waals surface area contributed by atoms with Crippen molar-refractivity contribution in [3.8, 4) is 0 Å². The summed E-state index contributed by atoms with van der Waals surface area (Å²) in [6.07, 6.45) is 2.54. The van der Waals surface area contributed by atoms with Gasteiger partial charge in [-0.15, -0.1) is 0 Å². The summed E-state index contributed by atoms with van der Waals surface area (Å²) in [5.41, 5.74) is 7.02. The maximum atomic E-state index is 12.6. The van der Waals surface area contributed by atoms with Gasteiger partial charge in [-0.25, -0.2) is 0 Å². The monoisotopic (exact) mass is 302 g/mol. The Balaban J connectivity index is 1.59. The number of piperidine rings is 1. The molecular weight excluding hydrogens is 276 g/mol. The Hall–Kier alpha value is -1.39. The zero-order valence-corrected chi connectivity index (χ0v) is 13.3. The molecule has 2 aliphatic heterocycles. The molecule has 4 nitrogen and oxygen atoms in total. The van der Waals surface area contributed by atoms with E-state index in [-0.39, 0.29) is 18.1 Å². The van der Waals surface area contributed by atoms with E-state index in [0.717, 1.165) is 32.4 Å². The van der Waals surface area contributed by atoms with Crippen LogP contribution in [0.15, 0.2) is 30.3 Å². The highest BCUT2D eigenvalue weighted by Crippen LogP contribution is 2.33. The van der Waals surface area contributed by atoms with Crippen molar-refractivity contribution in [3.05, 3.63) is 35.9 Å². The van der Waals surface area contributed by atoms with Crippen LogP contribution in [0.3, 0.4) is 0 Å². The summed E-state index contributed by atoms with van der Waals surface area (Å²) in [4.78, 5) is 14.6. The highest BCUT2D eigenvalue weighted by Gasteiger charge is 2.36. The number of benzene rings is 1. The van der Waals surface area contributed by atoms with Gasteiger partial charge in [0.25, 0.3) is 5.91 Å². The number of amides is 1. The van der Waals surface area contributed by atoms with E-state index in [1.807, 2.05) is 4.90 Å². The molecule has 4 atom stereocenters. The van der Waals surface area contributed by atoms with Crippen LogP contribution in [0.25, 0.3) is 0 Å². The molecule has 1 aromatic rings. The lowest BCUT2D eigenvalue weighted by Gasteiger charge is -2.38. The molecule has 2 saturated heterocycles. The number of hydrogen-bond donors (Lipinski definition) is 1. The van der Waals surface area contributed by atoms with E-state index in [1.54, 1.807) is 0 Å². The lowest BCUT2D eigenvalue weighted by atomic mass is 9.81. The summed E-state index contributed by atoms with van der Waals surface area (Å²) in [5.74, 6) is 1.19. The van der Waals surface area contributed by atoms with Crippen LogP contribution in [0, 0.1) is 5.92 Å². The van der Waals surface area contributed by atoms with Crippen LogP contribution in [-0.2, 0) is 9.53 Å². The molecule has 0 bridgehead atoms. The minimum atomic E-state index is -0.269. The quantitative estimate of drug-likeness (QED) is 0.931. The molecule has 2 N–H and O–H groups in total. The molecule has 1 aromatic carbocycles. The summed E-state index contributed by atoms with van der Waals surface area (Å²) < 4.78 is 5.76. The lowest BCUT2D eigenvalue weighted by molar-refractivity contribution is -0.144. The third kappa shape index (κ3) is 3.18. The third-order valence-electron chi connectivity index (χ3n) is 5.09. The van der Waals surface area contributed by atoms with Crippen LogP contribution in [0.5, 0.6) is 0 Å². The fourth-order valence-electron chi connectivity index (χ4n) is 3.81. The second-order valence-electron chi connectivity index (χ2n) is 6.63. The van der Waals surface area contributed by atoms with Crippen LogP contribution < -0.4 is 5.73 Å². The minimum absolute atomic E-state index is 0.0632. The number of nitrogens with two attached hydrogens (primary N) is 1. The molecule has 3 rings (SSSR count). The fraction of sp³-hybridized carbons (Fsp3) is 0.611. The van der Waals surface area contributed by atoms with Crippen molar-refractivity contribution in [1.82, 2.24) is 4.90 Å². The molecule has 2 fully saturated rings. The van der Waals surface area contributed by atoms with Gasteiger partial charge in [-0.2, -0.15) is 0 Å². The van der Waals surface area contributed by atoms with Gasteiger partial charge in [0, 0.05) is 19.6 Å². The van der Waals surface area contributed by atoms with Crippen LogP contribution in [0.1, 0.15) is 37.7 Å². The predicted octanol–water partition coefficient (Wildman–Crippen LogP) is 2.14. The minimum Gasteiger partial charge on any atom is -0.364 e. The van der Waals surface area contributed by atoms with E-state index in [4.69, 9.17) is 10.5 Å². The van der Waals surface area contributed by atoms with Crippen molar-refractivity contribution in [1.29, 1.82) is 0 Å². The Morgan fingerprint density at radius 3 is 2.68 bits per heavy atom. The predicted molar refractivity (Wildman–Crippen MR) is 86.5 cm³/mol. The second-order valence-corrected chi connectivity index (χ2v) is 6.63. The van der Waals surface area contributed by atoms with Crippen molar-refractivity contribution in [2.75, 3.05) is 19.6 Å². The molecule has 0 aliphatic carbocycles. The van der Waals surface area contributed by atoms with Gasteiger partial charge in [0.05, 0.1) is 6.10 Å². The molecule has 0 radical (unpaired) electrons. The molecule has 0 aromatic heterocycles. The number of nitrogens with zero attached hydrogens (tertiary/aromatic N) is 1. The zero-order chi connectivity index (χ0) is 15.5. The number of ether oxygens (including phenoxy) is 1. The maximum Gasteiger partial charge on any atom is 0.251 e. The number of hydrogen-bond acceptors (Lipinski definition) is 3. The average Bonchev–Trinajstić information content (AvgIpc) is 3.04. The Bertz CT molecular complexity index is 505. The molecule has 22 heavy (non-hydrogen) atoms. The fourth-order valence-corrected chi connectivity index (χ4v) is 3.81. The molecule has 1 amide bonds.